The number of anilines is 1. The third-order valence-corrected chi connectivity index (χ3v) is 4.13. The van der Waals surface area contributed by atoms with E-state index in [2.05, 4.69) is 27.9 Å². The highest BCUT2D eigenvalue weighted by molar-refractivity contribution is 14.1. The molecule has 0 spiro atoms. The molecule has 2 aromatic carbocycles. The predicted molar refractivity (Wildman–Crippen MR) is 94.7 cm³/mol. The quantitative estimate of drug-likeness (QED) is 0.358. The number of nitro groups is 1. The smallest absolute Gasteiger partial charge is 0.269 e. The number of hydrogen-bond donors (Lipinski definition) is 1. The molecule has 0 heterocycles. The molecule has 0 atom stereocenters. The molecular formula is C16H13IN2O3. The van der Waals surface area contributed by atoms with Crippen molar-refractivity contribution in [3.05, 3.63) is 73.4 Å². The molecule has 0 aliphatic rings. The Morgan fingerprint density at radius 2 is 1.91 bits per heavy atom. The Hall–Kier alpha value is -2.22. The van der Waals surface area contributed by atoms with Crippen LogP contribution >= 0.6 is 22.6 Å². The molecular weight excluding hydrogens is 395 g/mol. The Morgan fingerprint density at radius 1 is 1.23 bits per heavy atom. The van der Waals surface area contributed by atoms with Crippen LogP contribution in [0.1, 0.15) is 11.1 Å². The van der Waals surface area contributed by atoms with Gasteiger partial charge < -0.3 is 5.32 Å². The SMILES string of the molecule is Cc1ccc(NC(=O)/C=C/c2ccc([N+](=O)[O-])cc2)cc1I. The molecule has 1 amide bonds. The summed E-state index contributed by atoms with van der Waals surface area (Å²) >= 11 is 2.21. The lowest BCUT2D eigenvalue weighted by atomic mass is 10.2. The zero-order chi connectivity index (χ0) is 16.1. The molecule has 0 radical (unpaired) electrons. The Bertz CT molecular complexity index is 740. The van der Waals surface area contributed by atoms with E-state index in [1.807, 2.05) is 25.1 Å². The number of halogens is 1. The van der Waals surface area contributed by atoms with Crippen LogP contribution in [0.2, 0.25) is 0 Å². The van der Waals surface area contributed by atoms with E-state index in [0.29, 0.717) is 0 Å². The topological polar surface area (TPSA) is 72.2 Å². The normalized spacial score (nSPS) is 10.6. The zero-order valence-electron chi connectivity index (χ0n) is 11.7. The van der Waals surface area contributed by atoms with Crippen molar-refractivity contribution in [3.63, 3.8) is 0 Å². The zero-order valence-corrected chi connectivity index (χ0v) is 13.9. The number of hydrogen-bond acceptors (Lipinski definition) is 3. The van der Waals surface area contributed by atoms with Gasteiger partial charge in [0, 0.05) is 27.5 Å². The van der Waals surface area contributed by atoms with Crippen molar-refractivity contribution in [2.45, 2.75) is 6.92 Å². The predicted octanol–water partition coefficient (Wildman–Crippen LogP) is 4.16. The third kappa shape index (κ3) is 4.39. The van der Waals surface area contributed by atoms with Gasteiger partial charge in [-0.05, 0) is 71.0 Å². The molecule has 0 saturated heterocycles. The van der Waals surface area contributed by atoms with Crippen LogP contribution in [-0.4, -0.2) is 10.8 Å². The molecule has 5 nitrogen and oxygen atoms in total. The number of carbonyl (C=O) groups excluding carboxylic acids is 1. The number of aryl methyl sites for hydroxylation is 1. The molecule has 0 aliphatic carbocycles. The van der Waals surface area contributed by atoms with Crippen LogP contribution in [0.5, 0.6) is 0 Å². The van der Waals surface area contributed by atoms with Crippen molar-refractivity contribution in [2.75, 3.05) is 5.32 Å². The number of carbonyl (C=O) groups is 1. The standard InChI is InChI=1S/C16H13IN2O3/c1-11-2-6-13(10-15(11)17)18-16(20)9-5-12-3-7-14(8-4-12)19(21)22/h2-10H,1H3,(H,18,20)/b9-5+. The summed E-state index contributed by atoms with van der Waals surface area (Å²) < 4.78 is 1.08. The highest BCUT2D eigenvalue weighted by Crippen LogP contribution is 2.17. The molecule has 0 fully saturated rings. The van der Waals surface area contributed by atoms with E-state index in [9.17, 15) is 14.9 Å². The second-order valence-corrected chi connectivity index (χ2v) is 5.80. The number of amides is 1. The van der Waals surface area contributed by atoms with Crippen molar-refractivity contribution in [3.8, 4) is 0 Å². The summed E-state index contributed by atoms with van der Waals surface area (Å²) in [5, 5.41) is 13.3. The first-order valence-electron chi connectivity index (χ1n) is 6.45. The van der Waals surface area contributed by atoms with Gasteiger partial charge in [0.15, 0.2) is 0 Å². The number of rotatable bonds is 4. The number of non-ortho nitro benzene ring substituents is 1. The molecule has 2 rings (SSSR count). The van der Waals surface area contributed by atoms with Gasteiger partial charge in [-0.3, -0.25) is 14.9 Å². The van der Waals surface area contributed by atoms with Gasteiger partial charge in [-0.1, -0.05) is 6.07 Å². The summed E-state index contributed by atoms with van der Waals surface area (Å²) in [6.45, 7) is 2.00. The van der Waals surface area contributed by atoms with Crippen molar-refractivity contribution in [2.24, 2.45) is 0 Å². The molecule has 0 bridgehead atoms. The maximum Gasteiger partial charge on any atom is 0.269 e. The second-order valence-electron chi connectivity index (χ2n) is 4.64. The molecule has 2 aromatic rings. The summed E-state index contributed by atoms with van der Waals surface area (Å²) in [6.07, 6.45) is 3.01. The summed E-state index contributed by atoms with van der Waals surface area (Å²) in [7, 11) is 0. The highest BCUT2D eigenvalue weighted by Gasteiger charge is 2.03. The second kappa shape index (κ2) is 7.17. The number of nitrogens with one attached hydrogen (secondary N) is 1. The first-order chi connectivity index (χ1) is 10.5. The Labute approximate surface area is 141 Å². The van der Waals surface area contributed by atoms with E-state index in [-0.39, 0.29) is 11.6 Å². The van der Waals surface area contributed by atoms with Crippen LogP contribution < -0.4 is 5.32 Å². The molecule has 0 aromatic heterocycles. The molecule has 1 N–H and O–H groups in total. The van der Waals surface area contributed by atoms with Gasteiger partial charge in [-0.2, -0.15) is 0 Å². The van der Waals surface area contributed by atoms with Gasteiger partial charge in [-0.25, -0.2) is 0 Å². The van der Waals surface area contributed by atoms with Crippen LogP contribution in [0.25, 0.3) is 6.08 Å². The van der Waals surface area contributed by atoms with E-state index < -0.39 is 4.92 Å². The molecule has 112 valence electrons. The van der Waals surface area contributed by atoms with Crippen molar-refractivity contribution >= 4 is 45.9 Å². The van der Waals surface area contributed by atoms with Crippen molar-refractivity contribution in [1.82, 2.24) is 0 Å². The van der Waals surface area contributed by atoms with Gasteiger partial charge >= 0.3 is 0 Å². The van der Waals surface area contributed by atoms with Crippen molar-refractivity contribution in [1.29, 1.82) is 0 Å². The van der Waals surface area contributed by atoms with E-state index in [1.54, 1.807) is 18.2 Å². The monoisotopic (exact) mass is 408 g/mol. The van der Waals surface area contributed by atoms with Gasteiger partial charge in [-0.15, -0.1) is 0 Å². The van der Waals surface area contributed by atoms with Gasteiger partial charge in [0.25, 0.3) is 5.69 Å². The van der Waals surface area contributed by atoms with Gasteiger partial charge in [0.2, 0.25) is 5.91 Å². The average molecular weight is 408 g/mol. The molecule has 6 heteroatoms. The molecule has 22 heavy (non-hydrogen) atoms. The summed E-state index contributed by atoms with van der Waals surface area (Å²) in [5.74, 6) is -0.252. The summed E-state index contributed by atoms with van der Waals surface area (Å²) in [4.78, 5) is 21.9. The van der Waals surface area contributed by atoms with Gasteiger partial charge in [0.05, 0.1) is 4.92 Å². The van der Waals surface area contributed by atoms with Crippen LogP contribution in [0.3, 0.4) is 0 Å². The lowest BCUT2D eigenvalue weighted by Gasteiger charge is -2.04. The third-order valence-electron chi connectivity index (χ3n) is 2.97. The minimum atomic E-state index is -0.459. The Balaban J connectivity index is 2.01. The average Bonchev–Trinajstić information content (AvgIpc) is 2.49. The highest BCUT2D eigenvalue weighted by atomic mass is 127. The number of benzene rings is 2. The number of nitrogens with zero attached hydrogens (tertiary/aromatic N) is 1. The fourth-order valence-electron chi connectivity index (χ4n) is 1.73. The maximum absolute atomic E-state index is 11.8. The van der Waals surface area contributed by atoms with Gasteiger partial charge in [0.1, 0.15) is 0 Å². The summed E-state index contributed by atoms with van der Waals surface area (Å²) in [5.41, 5.74) is 2.63. The lowest BCUT2D eigenvalue weighted by molar-refractivity contribution is -0.384. The molecule has 0 aliphatic heterocycles. The lowest BCUT2D eigenvalue weighted by Crippen LogP contribution is -2.07. The Kier molecular flexibility index (Phi) is 5.26. The maximum atomic E-state index is 11.8. The van der Waals surface area contributed by atoms with Crippen LogP contribution in [-0.2, 0) is 4.79 Å². The minimum absolute atomic E-state index is 0.0239. The Morgan fingerprint density at radius 3 is 2.50 bits per heavy atom. The van der Waals surface area contributed by atoms with Crippen LogP contribution in [0.4, 0.5) is 11.4 Å². The van der Waals surface area contributed by atoms with E-state index in [4.69, 9.17) is 0 Å². The van der Waals surface area contributed by atoms with Crippen molar-refractivity contribution < 1.29 is 9.72 Å². The van der Waals surface area contributed by atoms with E-state index in [0.717, 1.165) is 20.4 Å². The van der Waals surface area contributed by atoms with E-state index >= 15 is 0 Å². The summed E-state index contributed by atoms with van der Waals surface area (Å²) in [6, 6.07) is 11.7. The minimum Gasteiger partial charge on any atom is -0.322 e. The van der Waals surface area contributed by atoms with Crippen LogP contribution in [0, 0.1) is 20.6 Å². The number of nitro benzene ring substituents is 1. The molecule has 0 saturated carbocycles. The van der Waals surface area contributed by atoms with Crippen LogP contribution in [0.15, 0.2) is 48.5 Å². The molecule has 0 unspecified atom stereocenters. The fraction of sp³-hybridized carbons (Fsp3) is 0.0625. The van der Waals surface area contributed by atoms with E-state index in [1.165, 1.54) is 18.2 Å². The fourth-order valence-corrected chi connectivity index (χ4v) is 2.25. The first kappa shape index (κ1) is 16.2. The first-order valence-corrected chi connectivity index (χ1v) is 7.53. The largest absolute Gasteiger partial charge is 0.322 e.